The van der Waals surface area contributed by atoms with Gasteiger partial charge in [0.25, 0.3) is 0 Å². The van der Waals surface area contributed by atoms with Crippen molar-refractivity contribution in [3.63, 3.8) is 0 Å². The molecule has 1 saturated carbocycles. The summed E-state index contributed by atoms with van der Waals surface area (Å²) in [6, 6.07) is 12.8. The van der Waals surface area contributed by atoms with E-state index in [4.69, 9.17) is 11.6 Å². The fourth-order valence-corrected chi connectivity index (χ4v) is 4.10. The van der Waals surface area contributed by atoms with Gasteiger partial charge in [0, 0.05) is 32.9 Å². The summed E-state index contributed by atoms with van der Waals surface area (Å²) < 4.78 is 0. The van der Waals surface area contributed by atoms with Crippen molar-refractivity contribution in [2.75, 3.05) is 0 Å². The van der Waals surface area contributed by atoms with Gasteiger partial charge < -0.3 is 10.4 Å². The number of thiophene rings is 1. The molecule has 1 aromatic heterocycles. The quantitative estimate of drug-likeness (QED) is 0.816. The van der Waals surface area contributed by atoms with E-state index in [9.17, 15) is 5.11 Å². The largest absolute Gasteiger partial charge is 0.393 e. The molecule has 0 aliphatic heterocycles. The van der Waals surface area contributed by atoms with E-state index in [2.05, 4.69) is 23.5 Å². The van der Waals surface area contributed by atoms with Crippen molar-refractivity contribution in [2.24, 2.45) is 0 Å². The van der Waals surface area contributed by atoms with Crippen molar-refractivity contribution >= 4 is 35.3 Å². The number of aliphatic hydroxyl groups excluding tert-OH is 1. The highest BCUT2D eigenvalue weighted by Gasteiger charge is 2.18. The molecule has 0 spiro atoms. The zero-order chi connectivity index (χ0) is 14.7. The molecule has 1 fully saturated rings. The lowest BCUT2D eigenvalue weighted by Crippen LogP contribution is -2.33. The van der Waals surface area contributed by atoms with Crippen LogP contribution in [0.25, 0.3) is 10.4 Å². The molecule has 0 bridgehead atoms. The van der Waals surface area contributed by atoms with Crippen LogP contribution >= 0.6 is 35.3 Å². The van der Waals surface area contributed by atoms with Crippen LogP contribution in [0.15, 0.2) is 36.4 Å². The number of hydrogen-bond donors (Lipinski definition) is 2. The number of halogens is 2. The standard InChI is InChI=1S/C17H20ClNOS.ClH/c18-16-4-2-1-3-15(16)17-10-9-14(21-17)11-19-12-5-7-13(20)8-6-12;/h1-4,9-10,12-13,19-20H,5-8,11H2;1H. The molecular weight excluding hydrogens is 337 g/mol. The molecule has 0 amide bonds. The number of rotatable bonds is 4. The molecule has 0 unspecified atom stereocenters. The first-order valence-electron chi connectivity index (χ1n) is 7.47. The average Bonchev–Trinajstić information content (AvgIpc) is 2.96. The van der Waals surface area contributed by atoms with Gasteiger partial charge >= 0.3 is 0 Å². The predicted octanol–water partition coefficient (Wildman–Crippen LogP) is 4.88. The summed E-state index contributed by atoms with van der Waals surface area (Å²) in [7, 11) is 0. The summed E-state index contributed by atoms with van der Waals surface area (Å²) in [5, 5.41) is 13.9. The van der Waals surface area contributed by atoms with E-state index in [0.29, 0.717) is 6.04 Å². The fraction of sp³-hybridized carbons (Fsp3) is 0.412. The van der Waals surface area contributed by atoms with Crippen LogP contribution in [0.3, 0.4) is 0 Å². The summed E-state index contributed by atoms with van der Waals surface area (Å²) >= 11 is 8.04. The Hall–Kier alpha value is -0.580. The van der Waals surface area contributed by atoms with Gasteiger partial charge in [0.1, 0.15) is 0 Å². The zero-order valence-corrected chi connectivity index (χ0v) is 14.7. The van der Waals surface area contributed by atoms with Gasteiger partial charge in [-0.1, -0.05) is 29.8 Å². The maximum Gasteiger partial charge on any atom is 0.0541 e. The van der Waals surface area contributed by atoms with Gasteiger partial charge in [-0.3, -0.25) is 0 Å². The lowest BCUT2D eigenvalue weighted by atomic mass is 9.93. The van der Waals surface area contributed by atoms with Crippen molar-refractivity contribution in [3.05, 3.63) is 46.3 Å². The average molecular weight is 358 g/mol. The van der Waals surface area contributed by atoms with E-state index in [1.165, 1.54) is 9.75 Å². The van der Waals surface area contributed by atoms with E-state index in [-0.39, 0.29) is 18.5 Å². The highest BCUT2D eigenvalue weighted by atomic mass is 35.5. The van der Waals surface area contributed by atoms with Crippen LogP contribution in [0, 0.1) is 0 Å². The predicted molar refractivity (Wildman–Crippen MR) is 97.1 cm³/mol. The SMILES string of the molecule is Cl.OC1CCC(NCc2ccc(-c3ccccc3Cl)s2)CC1. The first-order chi connectivity index (χ1) is 10.2. The van der Waals surface area contributed by atoms with Crippen molar-refractivity contribution in [3.8, 4) is 10.4 Å². The van der Waals surface area contributed by atoms with Crippen LogP contribution in [0.4, 0.5) is 0 Å². The fourth-order valence-electron chi connectivity index (χ4n) is 2.80. The molecule has 1 heterocycles. The van der Waals surface area contributed by atoms with Gasteiger partial charge in [0.15, 0.2) is 0 Å². The normalized spacial score (nSPS) is 21.4. The Morgan fingerprint density at radius 1 is 1.09 bits per heavy atom. The van der Waals surface area contributed by atoms with Crippen LogP contribution in [0.1, 0.15) is 30.6 Å². The number of nitrogens with one attached hydrogen (secondary N) is 1. The third kappa shape index (κ3) is 4.46. The third-order valence-electron chi connectivity index (χ3n) is 4.06. The molecule has 2 nitrogen and oxygen atoms in total. The molecule has 5 heteroatoms. The Bertz CT molecular complexity index is 594. The molecule has 0 saturated heterocycles. The van der Waals surface area contributed by atoms with Crippen LogP contribution in [-0.2, 0) is 6.54 Å². The first-order valence-corrected chi connectivity index (χ1v) is 8.67. The molecule has 2 aromatic rings. The van der Waals surface area contributed by atoms with E-state index in [1.807, 2.05) is 18.2 Å². The highest BCUT2D eigenvalue weighted by Crippen LogP contribution is 2.33. The van der Waals surface area contributed by atoms with Gasteiger partial charge in [-0.05, 0) is 43.9 Å². The van der Waals surface area contributed by atoms with Crippen LogP contribution in [-0.4, -0.2) is 17.3 Å². The van der Waals surface area contributed by atoms with Crippen molar-refractivity contribution in [2.45, 2.75) is 44.4 Å². The van der Waals surface area contributed by atoms with E-state index in [1.54, 1.807) is 11.3 Å². The Morgan fingerprint density at radius 3 is 2.55 bits per heavy atom. The summed E-state index contributed by atoms with van der Waals surface area (Å²) in [6.07, 6.45) is 3.91. The third-order valence-corrected chi connectivity index (χ3v) is 5.51. The van der Waals surface area contributed by atoms with E-state index in [0.717, 1.165) is 42.8 Å². The monoisotopic (exact) mass is 357 g/mol. The van der Waals surface area contributed by atoms with Crippen LogP contribution in [0.5, 0.6) is 0 Å². The van der Waals surface area contributed by atoms with E-state index >= 15 is 0 Å². The smallest absolute Gasteiger partial charge is 0.0541 e. The molecule has 1 aliphatic rings. The minimum atomic E-state index is -0.0865. The topological polar surface area (TPSA) is 32.3 Å². The van der Waals surface area contributed by atoms with Gasteiger partial charge in [-0.2, -0.15) is 0 Å². The number of aliphatic hydroxyl groups is 1. The van der Waals surface area contributed by atoms with Crippen molar-refractivity contribution in [1.29, 1.82) is 0 Å². The molecule has 3 rings (SSSR count). The second-order valence-electron chi connectivity index (χ2n) is 5.63. The Kier molecular flexibility index (Phi) is 6.72. The molecule has 0 radical (unpaired) electrons. The maximum absolute atomic E-state index is 9.53. The Labute approximate surface area is 146 Å². The van der Waals surface area contributed by atoms with Crippen LogP contribution < -0.4 is 5.32 Å². The molecule has 2 N–H and O–H groups in total. The lowest BCUT2D eigenvalue weighted by Gasteiger charge is -2.26. The second kappa shape index (κ2) is 8.32. The van der Waals surface area contributed by atoms with Gasteiger partial charge in [0.05, 0.1) is 6.10 Å². The zero-order valence-electron chi connectivity index (χ0n) is 12.3. The Morgan fingerprint density at radius 2 is 1.82 bits per heavy atom. The molecular formula is C17H21Cl2NOS. The minimum Gasteiger partial charge on any atom is -0.393 e. The first kappa shape index (κ1) is 17.8. The van der Waals surface area contributed by atoms with Crippen molar-refractivity contribution < 1.29 is 5.11 Å². The van der Waals surface area contributed by atoms with Gasteiger partial charge in [-0.25, -0.2) is 0 Å². The van der Waals surface area contributed by atoms with Crippen LogP contribution in [0.2, 0.25) is 5.02 Å². The molecule has 0 atom stereocenters. The summed E-state index contributed by atoms with van der Waals surface area (Å²) in [6.45, 7) is 0.899. The highest BCUT2D eigenvalue weighted by molar-refractivity contribution is 7.15. The number of benzene rings is 1. The van der Waals surface area contributed by atoms with Gasteiger partial charge in [-0.15, -0.1) is 23.7 Å². The molecule has 1 aliphatic carbocycles. The molecule has 22 heavy (non-hydrogen) atoms. The molecule has 120 valence electrons. The summed E-state index contributed by atoms with van der Waals surface area (Å²) in [4.78, 5) is 2.55. The summed E-state index contributed by atoms with van der Waals surface area (Å²) in [5.41, 5.74) is 1.11. The maximum atomic E-state index is 9.53. The lowest BCUT2D eigenvalue weighted by molar-refractivity contribution is 0.116. The Balaban J connectivity index is 0.00000176. The van der Waals surface area contributed by atoms with E-state index < -0.39 is 0 Å². The number of hydrogen-bond acceptors (Lipinski definition) is 3. The van der Waals surface area contributed by atoms with Crippen molar-refractivity contribution in [1.82, 2.24) is 5.32 Å². The van der Waals surface area contributed by atoms with Gasteiger partial charge in [0.2, 0.25) is 0 Å². The summed E-state index contributed by atoms with van der Waals surface area (Å²) in [5.74, 6) is 0. The second-order valence-corrected chi connectivity index (χ2v) is 7.21. The molecule has 1 aromatic carbocycles. The minimum absolute atomic E-state index is 0.